The fourth-order valence-corrected chi connectivity index (χ4v) is 1.80. The Morgan fingerprint density at radius 1 is 1.12 bits per heavy atom. The minimum Gasteiger partial charge on any atom is -0.291 e. The van der Waals surface area contributed by atoms with E-state index in [0.717, 1.165) is 12.0 Å². The molecule has 1 unspecified atom stereocenters. The predicted octanol–water partition coefficient (Wildman–Crippen LogP) is 2.97. The first-order chi connectivity index (χ1) is 7.52. The molecule has 2 heteroatoms. The Morgan fingerprint density at radius 2 is 1.69 bits per heavy atom. The summed E-state index contributed by atoms with van der Waals surface area (Å²) in [7, 11) is 0. The lowest BCUT2D eigenvalue weighted by Gasteiger charge is -2.16. The van der Waals surface area contributed by atoms with Crippen molar-refractivity contribution in [3.05, 3.63) is 35.9 Å². The van der Waals surface area contributed by atoms with E-state index in [0.29, 0.717) is 5.92 Å². The Bertz CT molecular complexity index is 366. The van der Waals surface area contributed by atoms with Gasteiger partial charge < -0.3 is 0 Å². The van der Waals surface area contributed by atoms with Crippen LogP contribution in [0.1, 0.15) is 38.7 Å². The first-order valence-electron chi connectivity index (χ1n) is 5.62. The molecule has 1 aromatic rings. The van der Waals surface area contributed by atoms with Gasteiger partial charge in [0.1, 0.15) is 0 Å². The molecule has 0 aliphatic rings. The molecule has 0 amide bonds. The zero-order valence-corrected chi connectivity index (χ0v) is 10.1. The third kappa shape index (κ3) is 3.30. The second-order valence-electron chi connectivity index (χ2n) is 4.51. The van der Waals surface area contributed by atoms with Crippen molar-refractivity contribution in [1.82, 2.24) is 0 Å². The van der Waals surface area contributed by atoms with Gasteiger partial charge in [-0.3, -0.25) is 9.59 Å². The molecule has 1 aromatic carbocycles. The smallest absolute Gasteiger partial charge is 0.205 e. The van der Waals surface area contributed by atoms with Crippen molar-refractivity contribution in [2.45, 2.75) is 33.1 Å². The van der Waals surface area contributed by atoms with Gasteiger partial charge in [0.2, 0.25) is 5.78 Å². The molecule has 0 spiro atoms. The molecule has 0 fully saturated rings. The van der Waals surface area contributed by atoms with Crippen molar-refractivity contribution in [2.75, 3.05) is 0 Å². The average molecular weight is 218 g/mol. The molecule has 0 N–H and O–H groups in total. The minimum atomic E-state index is -0.352. The van der Waals surface area contributed by atoms with Crippen molar-refractivity contribution in [1.29, 1.82) is 0 Å². The van der Waals surface area contributed by atoms with Crippen molar-refractivity contribution in [3.8, 4) is 0 Å². The summed E-state index contributed by atoms with van der Waals surface area (Å²) in [6.07, 6.45) is 0.725. The van der Waals surface area contributed by atoms with Gasteiger partial charge >= 0.3 is 0 Å². The van der Waals surface area contributed by atoms with E-state index < -0.39 is 0 Å². The Labute approximate surface area is 96.7 Å². The third-order valence-corrected chi connectivity index (χ3v) is 2.57. The maximum absolute atomic E-state index is 11.8. The number of rotatable bonds is 5. The second kappa shape index (κ2) is 5.59. The molecule has 1 atom stereocenters. The highest BCUT2D eigenvalue weighted by Crippen LogP contribution is 2.24. The van der Waals surface area contributed by atoms with Gasteiger partial charge in [0, 0.05) is 6.92 Å². The van der Waals surface area contributed by atoms with Crippen LogP contribution in [0, 0.1) is 5.92 Å². The normalized spacial score (nSPS) is 12.5. The van der Waals surface area contributed by atoms with E-state index >= 15 is 0 Å². The summed E-state index contributed by atoms with van der Waals surface area (Å²) in [5, 5.41) is 0. The van der Waals surface area contributed by atoms with Crippen LogP contribution in [0.5, 0.6) is 0 Å². The van der Waals surface area contributed by atoms with E-state index in [9.17, 15) is 9.59 Å². The summed E-state index contributed by atoms with van der Waals surface area (Å²) >= 11 is 0. The van der Waals surface area contributed by atoms with Gasteiger partial charge in [0.15, 0.2) is 5.78 Å². The molecule has 16 heavy (non-hydrogen) atoms. The molecule has 0 saturated heterocycles. The Kier molecular flexibility index (Phi) is 4.41. The minimum absolute atomic E-state index is 0.278. The molecule has 0 radical (unpaired) electrons. The molecule has 0 aliphatic carbocycles. The maximum Gasteiger partial charge on any atom is 0.205 e. The van der Waals surface area contributed by atoms with Gasteiger partial charge in [-0.15, -0.1) is 0 Å². The number of carbonyl (C=O) groups excluding carboxylic acids is 2. The highest BCUT2D eigenvalue weighted by Gasteiger charge is 2.24. The van der Waals surface area contributed by atoms with Gasteiger partial charge in [-0.25, -0.2) is 0 Å². The highest BCUT2D eigenvalue weighted by atomic mass is 16.2. The van der Waals surface area contributed by atoms with Crippen LogP contribution >= 0.6 is 0 Å². The summed E-state index contributed by atoms with van der Waals surface area (Å²) in [5.74, 6) is -0.512. The second-order valence-corrected chi connectivity index (χ2v) is 4.51. The van der Waals surface area contributed by atoms with E-state index in [1.165, 1.54) is 6.92 Å². The largest absolute Gasteiger partial charge is 0.291 e. The SMILES string of the molecule is CC(=O)C(=O)C(CC(C)C)c1ccccc1. The molecule has 1 rings (SSSR count). The lowest BCUT2D eigenvalue weighted by atomic mass is 9.86. The first-order valence-corrected chi connectivity index (χ1v) is 5.62. The van der Waals surface area contributed by atoms with Gasteiger partial charge in [-0.2, -0.15) is 0 Å². The molecule has 0 bridgehead atoms. The number of Topliss-reactive ketones (excluding diaryl/α,β-unsaturated/α-hetero) is 2. The summed E-state index contributed by atoms with van der Waals surface area (Å²) in [6, 6.07) is 9.53. The molecule has 2 nitrogen and oxygen atoms in total. The zero-order chi connectivity index (χ0) is 12.1. The average Bonchev–Trinajstić information content (AvgIpc) is 2.26. The van der Waals surface area contributed by atoms with Crippen LogP contribution in [-0.4, -0.2) is 11.6 Å². The van der Waals surface area contributed by atoms with Gasteiger partial charge in [-0.05, 0) is 17.9 Å². The van der Waals surface area contributed by atoms with Crippen molar-refractivity contribution in [3.63, 3.8) is 0 Å². The summed E-state index contributed by atoms with van der Waals surface area (Å²) in [6.45, 7) is 5.46. The van der Waals surface area contributed by atoms with E-state index in [4.69, 9.17) is 0 Å². The van der Waals surface area contributed by atoms with Crippen LogP contribution in [-0.2, 0) is 9.59 Å². The molecular formula is C14H18O2. The molecule has 0 aromatic heterocycles. The van der Waals surface area contributed by atoms with Crippen molar-refractivity contribution in [2.24, 2.45) is 5.92 Å². The quantitative estimate of drug-likeness (QED) is 0.712. The first kappa shape index (κ1) is 12.6. The van der Waals surface area contributed by atoms with Crippen LogP contribution in [0.3, 0.4) is 0 Å². The molecular weight excluding hydrogens is 200 g/mol. The molecule has 86 valence electrons. The monoisotopic (exact) mass is 218 g/mol. The Hall–Kier alpha value is -1.44. The number of benzene rings is 1. The summed E-state index contributed by atoms with van der Waals surface area (Å²) < 4.78 is 0. The molecule has 0 aliphatic heterocycles. The zero-order valence-electron chi connectivity index (χ0n) is 10.1. The number of carbonyl (C=O) groups is 2. The third-order valence-electron chi connectivity index (χ3n) is 2.57. The predicted molar refractivity (Wildman–Crippen MR) is 64.3 cm³/mol. The number of hydrogen-bond donors (Lipinski definition) is 0. The van der Waals surface area contributed by atoms with Crippen molar-refractivity contribution >= 4 is 11.6 Å². The van der Waals surface area contributed by atoms with E-state index in [2.05, 4.69) is 13.8 Å². The van der Waals surface area contributed by atoms with Crippen molar-refractivity contribution < 1.29 is 9.59 Å². The summed E-state index contributed by atoms with van der Waals surface area (Å²) in [5.41, 5.74) is 0.941. The topological polar surface area (TPSA) is 34.1 Å². The Morgan fingerprint density at radius 3 is 2.12 bits per heavy atom. The van der Waals surface area contributed by atoms with Crippen LogP contribution in [0.25, 0.3) is 0 Å². The van der Waals surface area contributed by atoms with Crippen LogP contribution in [0.2, 0.25) is 0 Å². The van der Waals surface area contributed by atoms with Crippen LogP contribution in [0.4, 0.5) is 0 Å². The fraction of sp³-hybridized carbons (Fsp3) is 0.429. The van der Waals surface area contributed by atoms with Crippen LogP contribution < -0.4 is 0 Å². The van der Waals surface area contributed by atoms with Gasteiger partial charge in [-0.1, -0.05) is 44.2 Å². The van der Waals surface area contributed by atoms with E-state index in [1.807, 2.05) is 30.3 Å². The lowest BCUT2D eigenvalue weighted by molar-refractivity contribution is -0.136. The van der Waals surface area contributed by atoms with Gasteiger partial charge in [0.25, 0.3) is 0 Å². The van der Waals surface area contributed by atoms with Crippen LogP contribution in [0.15, 0.2) is 30.3 Å². The van der Waals surface area contributed by atoms with E-state index in [-0.39, 0.29) is 17.5 Å². The highest BCUT2D eigenvalue weighted by molar-refractivity contribution is 6.38. The fourth-order valence-electron chi connectivity index (χ4n) is 1.80. The number of ketones is 2. The molecule has 0 saturated carbocycles. The molecule has 0 heterocycles. The maximum atomic E-state index is 11.8. The van der Waals surface area contributed by atoms with E-state index in [1.54, 1.807) is 0 Å². The summed E-state index contributed by atoms with van der Waals surface area (Å²) in [4.78, 5) is 23.0. The number of hydrogen-bond acceptors (Lipinski definition) is 2. The lowest BCUT2D eigenvalue weighted by Crippen LogP contribution is -2.21. The Balaban J connectivity index is 2.96. The van der Waals surface area contributed by atoms with Gasteiger partial charge in [0.05, 0.1) is 5.92 Å². The standard InChI is InChI=1S/C14H18O2/c1-10(2)9-13(14(16)11(3)15)12-7-5-4-6-8-12/h4-8,10,13H,9H2,1-3H3.